The summed E-state index contributed by atoms with van der Waals surface area (Å²) in [6, 6.07) is 6.62. The maximum absolute atomic E-state index is 12.5. The van der Waals surface area contributed by atoms with Crippen molar-refractivity contribution in [2.24, 2.45) is 0 Å². The summed E-state index contributed by atoms with van der Waals surface area (Å²) in [6.07, 6.45) is 1.92. The van der Waals surface area contributed by atoms with Crippen molar-refractivity contribution in [2.75, 3.05) is 25.1 Å². The highest BCUT2D eigenvalue weighted by atomic mass is 35.5. The second-order valence-corrected chi connectivity index (χ2v) is 10.3. The largest absolute Gasteiger partial charge is 0.342 e. The molecular formula is C18H19ClN2O5S2. The first-order chi connectivity index (χ1) is 13.2. The van der Waals surface area contributed by atoms with Gasteiger partial charge in [0.2, 0.25) is 5.91 Å². The van der Waals surface area contributed by atoms with Gasteiger partial charge in [0.15, 0.2) is 9.84 Å². The number of halogens is 1. The van der Waals surface area contributed by atoms with E-state index in [1.54, 1.807) is 37.4 Å². The van der Waals surface area contributed by atoms with E-state index in [-0.39, 0.29) is 41.3 Å². The lowest BCUT2D eigenvalue weighted by Gasteiger charge is -2.24. The van der Waals surface area contributed by atoms with E-state index in [1.807, 2.05) is 0 Å². The standard InChI is InChI=1S/C18H19ClN2O5S2/c1-20(13-7-9-28(25,26)11-13)16(22)6-8-21-17(23)15(27-18(21)24)10-12-4-2-3-5-14(12)19/h2-5,10,13H,6-9,11H2,1H3/b15-10+. The molecule has 1 unspecified atom stereocenters. The fourth-order valence-electron chi connectivity index (χ4n) is 3.09. The molecule has 2 heterocycles. The topological polar surface area (TPSA) is 91.8 Å². The number of thioether (sulfide) groups is 1. The highest BCUT2D eigenvalue weighted by Crippen LogP contribution is 2.33. The summed E-state index contributed by atoms with van der Waals surface area (Å²) in [5, 5.41) is 0.0276. The lowest BCUT2D eigenvalue weighted by molar-refractivity contribution is -0.132. The third-order valence-electron chi connectivity index (χ3n) is 4.76. The summed E-state index contributed by atoms with van der Waals surface area (Å²) in [4.78, 5) is 39.8. The summed E-state index contributed by atoms with van der Waals surface area (Å²) >= 11 is 6.89. The van der Waals surface area contributed by atoms with Gasteiger partial charge in [0.25, 0.3) is 11.1 Å². The predicted octanol–water partition coefficient (Wildman–Crippen LogP) is 2.41. The summed E-state index contributed by atoms with van der Waals surface area (Å²) in [5.74, 6) is -0.729. The number of nitrogens with zero attached hydrogens (tertiary/aromatic N) is 2. The fourth-order valence-corrected chi connectivity index (χ4v) is 5.92. The number of hydrogen-bond acceptors (Lipinski definition) is 6. The van der Waals surface area contributed by atoms with E-state index in [4.69, 9.17) is 11.6 Å². The molecular weight excluding hydrogens is 424 g/mol. The number of amides is 3. The van der Waals surface area contributed by atoms with Crippen molar-refractivity contribution in [1.29, 1.82) is 0 Å². The monoisotopic (exact) mass is 442 g/mol. The molecule has 7 nitrogen and oxygen atoms in total. The Morgan fingerprint density at radius 1 is 1.36 bits per heavy atom. The third-order valence-corrected chi connectivity index (χ3v) is 7.77. The van der Waals surface area contributed by atoms with Crippen LogP contribution in [-0.2, 0) is 19.4 Å². The van der Waals surface area contributed by atoms with Gasteiger partial charge in [0.1, 0.15) is 0 Å². The number of imide groups is 1. The van der Waals surface area contributed by atoms with Gasteiger partial charge >= 0.3 is 0 Å². The first kappa shape index (κ1) is 20.9. The van der Waals surface area contributed by atoms with Crippen LogP contribution in [0.4, 0.5) is 4.79 Å². The van der Waals surface area contributed by atoms with Crippen molar-refractivity contribution in [3.05, 3.63) is 39.8 Å². The van der Waals surface area contributed by atoms with Crippen LogP contribution in [0.3, 0.4) is 0 Å². The third kappa shape index (κ3) is 4.59. The van der Waals surface area contributed by atoms with Crippen molar-refractivity contribution in [3.8, 4) is 0 Å². The van der Waals surface area contributed by atoms with Gasteiger partial charge in [-0.3, -0.25) is 19.3 Å². The Morgan fingerprint density at radius 2 is 2.07 bits per heavy atom. The maximum Gasteiger partial charge on any atom is 0.293 e. The maximum atomic E-state index is 12.5. The van der Waals surface area contributed by atoms with E-state index in [0.717, 1.165) is 16.7 Å². The molecule has 3 rings (SSSR count). The van der Waals surface area contributed by atoms with Crippen LogP contribution in [0, 0.1) is 0 Å². The van der Waals surface area contributed by atoms with Gasteiger partial charge in [-0.1, -0.05) is 29.8 Å². The number of carbonyl (C=O) groups is 3. The quantitative estimate of drug-likeness (QED) is 0.650. The Bertz CT molecular complexity index is 960. The first-order valence-electron chi connectivity index (χ1n) is 8.64. The van der Waals surface area contributed by atoms with Crippen LogP contribution in [0.5, 0.6) is 0 Å². The Balaban J connectivity index is 1.62. The van der Waals surface area contributed by atoms with Crippen LogP contribution < -0.4 is 0 Å². The van der Waals surface area contributed by atoms with Crippen molar-refractivity contribution in [2.45, 2.75) is 18.9 Å². The zero-order chi connectivity index (χ0) is 20.5. The van der Waals surface area contributed by atoms with E-state index < -0.39 is 21.0 Å². The van der Waals surface area contributed by atoms with E-state index in [2.05, 4.69) is 0 Å². The van der Waals surface area contributed by atoms with Gasteiger partial charge in [0, 0.05) is 31.1 Å². The minimum Gasteiger partial charge on any atom is -0.342 e. The molecule has 0 radical (unpaired) electrons. The zero-order valence-corrected chi connectivity index (χ0v) is 17.5. The molecule has 2 aliphatic heterocycles. The predicted molar refractivity (Wildman–Crippen MR) is 109 cm³/mol. The minimum atomic E-state index is -3.10. The smallest absolute Gasteiger partial charge is 0.293 e. The normalized spacial score (nSPS) is 22.9. The number of rotatable bonds is 5. The Morgan fingerprint density at radius 3 is 2.71 bits per heavy atom. The molecule has 0 N–H and O–H groups in total. The van der Waals surface area contributed by atoms with Crippen LogP contribution in [0.2, 0.25) is 5.02 Å². The van der Waals surface area contributed by atoms with Crippen LogP contribution in [0.1, 0.15) is 18.4 Å². The van der Waals surface area contributed by atoms with E-state index in [1.165, 1.54) is 4.90 Å². The van der Waals surface area contributed by atoms with Gasteiger partial charge in [-0.25, -0.2) is 8.42 Å². The van der Waals surface area contributed by atoms with Crippen LogP contribution in [-0.4, -0.2) is 66.4 Å². The van der Waals surface area contributed by atoms with Gasteiger partial charge < -0.3 is 4.90 Å². The lowest BCUT2D eigenvalue weighted by atomic mass is 10.2. The first-order valence-corrected chi connectivity index (χ1v) is 11.7. The fraction of sp³-hybridized carbons (Fsp3) is 0.389. The van der Waals surface area contributed by atoms with Crippen molar-refractivity contribution >= 4 is 56.3 Å². The zero-order valence-electron chi connectivity index (χ0n) is 15.1. The molecule has 150 valence electrons. The number of benzene rings is 1. The molecule has 0 aliphatic carbocycles. The van der Waals surface area contributed by atoms with E-state index in [0.29, 0.717) is 17.0 Å². The van der Waals surface area contributed by atoms with E-state index in [9.17, 15) is 22.8 Å². The van der Waals surface area contributed by atoms with Crippen LogP contribution in [0.15, 0.2) is 29.2 Å². The average Bonchev–Trinajstić information content (AvgIpc) is 3.13. The number of carbonyl (C=O) groups excluding carboxylic acids is 3. The van der Waals surface area contributed by atoms with Crippen LogP contribution in [0.25, 0.3) is 6.08 Å². The number of sulfone groups is 1. The Hall–Kier alpha value is -1.84. The molecule has 3 amide bonds. The highest BCUT2D eigenvalue weighted by molar-refractivity contribution is 8.18. The van der Waals surface area contributed by atoms with Gasteiger partial charge in [-0.2, -0.15) is 0 Å². The molecule has 0 saturated carbocycles. The summed E-state index contributed by atoms with van der Waals surface area (Å²) in [7, 11) is -1.54. The number of hydrogen-bond donors (Lipinski definition) is 0. The lowest BCUT2D eigenvalue weighted by Crippen LogP contribution is -2.40. The second kappa shape index (κ2) is 8.26. The van der Waals surface area contributed by atoms with Crippen LogP contribution >= 0.6 is 23.4 Å². The molecule has 1 atom stereocenters. The molecule has 0 aromatic heterocycles. The molecule has 2 fully saturated rings. The van der Waals surface area contributed by atoms with E-state index >= 15 is 0 Å². The SMILES string of the molecule is CN(C(=O)CCN1C(=O)S/C(=C/c2ccccc2Cl)C1=O)C1CCS(=O)(=O)C1. The minimum absolute atomic E-state index is 0.0443. The molecule has 1 aromatic rings. The molecule has 0 bridgehead atoms. The second-order valence-electron chi connectivity index (χ2n) is 6.67. The summed E-state index contributed by atoms with van der Waals surface area (Å²) < 4.78 is 23.2. The molecule has 2 saturated heterocycles. The average molecular weight is 443 g/mol. The Kier molecular flexibility index (Phi) is 6.16. The molecule has 10 heteroatoms. The summed E-state index contributed by atoms with van der Waals surface area (Å²) in [6.45, 7) is -0.0484. The van der Waals surface area contributed by atoms with Crippen molar-refractivity contribution < 1.29 is 22.8 Å². The van der Waals surface area contributed by atoms with Crippen molar-refractivity contribution in [1.82, 2.24) is 9.80 Å². The molecule has 0 spiro atoms. The van der Waals surface area contributed by atoms with Gasteiger partial charge in [-0.15, -0.1) is 0 Å². The molecule has 28 heavy (non-hydrogen) atoms. The summed E-state index contributed by atoms with van der Waals surface area (Å²) in [5.41, 5.74) is 0.632. The highest BCUT2D eigenvalue weighted by Gasteiger charge is 2.36. The van der Waals surface area contributed by atoms with Gasteiger partial charge in [0.05, 0.1) is 16.4 Å². The van der Waals surface area contributed by atoms with Gasteiger partial charge in [-0.05, 0) is 35.9 Å². The molecule has 2 aliphatic rings. The molecule has 1 aromatic carbocycles. The van der Waals surface area contributed by atoms with Crippen molar-refractivity contribution in [3.63, 3.8) is 0 Å². The Labute approximate surface area is 172 Å².